The van der Waals surface area contributed by atoms with E-state index in [4.69, 9.17) is 21.0 Å². The number of nitrogens with zero attached hydrogens (tertiary/aromatic N) is 8. The second kappa shape index (κ2) is 11.8. The van der Waals surface area contributed by atoms with Crippen molar-refractivity contribution in [1.29, 1.82) is 5.26 Å². The zero-order chi connectivity index (χ0) is 29.2. The largest absolute Gasteiger partial charge is 0.383 e. The first-order valence-corrected chi connectivity index (χ1v) is 15.1. The highest BCUT2D eigenvalue weighted by Gasteiger charge is 2.23. The van der Waals surface area contributed by atoms with Crippen LogP contribution >= 0.6 is 0 Å². The van der Waals surface area contributed by atoms with Gasteiger partial charge in [0.15, 0.2) is 11.5 Å². The van der Waals surface area contributed by atoms with E-state index >= 15 is 0 Å². The van der Waals surface area contributed by atoms with E-state index in [0.717, 1.165) is 66.4 Å². The molecule has 1 saturated carbocycles. The third-order valence-corrected chi connectivity index (χ3v) is 8.67. The van der Waals surface area contributed by atoms with Crippen molar-refractivity contribution < 1.29 is 0 Å². The van der Waals surface area contributed by atoms with Crippen molar-refractivity contribution in [2.24, 2.45) is 0 Å². The minimum atomic E-state index is 0.190. The van der Waals surface area contributed by atoms with Gasteiger partial charge < -0.3 is 11.1 Å². The minimum Gasteiger partial charge on any atom is -0.383 e. The summed E-state index contributed by atoms with van der Waals surface area (Å²) in [7, 11) is 0. The van der Waals surface area contributed by atoms with Gasteiger partial charge in [-0.2, -0.15) is 5.26 Å². The van der Waals surface area contributed by atoms with Crippen molar-refractivity contribution in [2.45, 2.75) is 57.0 Å². The highest BCUT2D eigenvalue weighted by Crippen LogP contribution is 2.36. The van der Waals surface area contributed by atoms with Crippen LogP contribution in [0.1, 0.15) is 61.5 Å². The maximum Gasteiger partial charge on any atom is 0.234 e. The molecule has 10 nitrogen and oxygen atoms in total. The highest BCUT2D eigenvalue weighted by atomic mass is 15.2. The quantitative estimate of drug-likeness (QED) is 0.261. The van der Waals surface area contributed by atoms with Crippen LogP contribution in [-0.4, -0.2) is 53.5 Å². The lowest BCUT2D eigenvalue weighted by Crippen LogP contribution is -2.38. The Hall–Kier alpha value is -4.88. The molecule has 0 amide bonds. The van der Waals surface area contributed by atoms with Crippen LogP contribution in [0.25, 0.3) is 28.2 Å². The summed E-state index contributed by atoms with van der Waals surface area (Å²) in [5.74, 6) is 2.62. The molecule has 0 radical (unpaired) electrons. The van der Waals surface area contributed by atoms with Crippen molar-refractivity contribution in [1.82, 2.24) is 34.4 Å². The van der Waals surface area contributed by atoms with Crippen LogP contribution in [0.4, 0.5) is 11.6 Å². The summed E-state index contributed by atoms with van der Waals surface area (Å²) in [4.78, 5) is 25.2. The number of imidazole rings is 1. The van der Waals surface area contributed by atoms with Crippen LogP contribution in [0, 0.1) is 11.3 Å². The van der Waals surface area contributed by atoms with E-state index in [1.54, 1.807) is 12.4 Å². The molecule has 216 valence electrons. The molecule has 2 aliphatic rings. The van der Waals surface area contributed by atoms with Gasteiger partial charge in [-0.3, -0.25) is 9.47 Å². The molecular weight excluding hydrogens is 536 g/mol. The molecule has 7 rings (SSSR count). The highest BCUT2D eigenvalue weighted by molar-refractivity contribution is 5.83. The molecule has 10 heteroatoms. The number of likely N-dealkylation sites (tertiary alicyclic amines) is 1. The van der Waals surface area contributed by atoms with Crippen LogP contribution in [-0.2, 0) is 6.54 Å². The number of benzene rings is 1. The molecule has 0 unspecified atom stereocenters. The number of hydrogen-bond acceptors (Lipinski definition) is 9. The average Bonchev–Trinajstić information content (AvgIpc) is 3.71. The summed E-state index contributed by atoms with van der Waals surface area (Å²) in [6, 6.07) is 21.0. The van der Waals surface area contributed by atoms with E-state index in [1.807, 2.05) is 24.3 Å². The summed E-state index contributed by atoms with van der Waals surface area (Å²) in [5.41, 5.74) is 12.3. The summed E-state index contributed by atoms with van der Waals surface area (Å²) in [6.45, 7) is 2.86. The Morgan fingerprint density at radius 3 is 2.47 bits per heavy atom. The van der Waals surface area contributed by atoms with Gasteiger partial charge >= 0.3 is 0 Å². The summed E-state index contributed by atoms with van der Waals surface area (Å²) in [5, 5.41) is 12.5. The molecule has 0 spiro atoms. The fourth-order valence-corrected chi connectivity index (χ4v) is 6.40. The second-order valence-corrected chi connectivity index (χ2v) is 11.5. The number of nitrogen functional groups attached to an aromatic ring is 1. The minimum absolute atomic E-state index is 0.190. The third-order valence-electron chi connectivity index (χ3n) is 8.67. The third kappa shape index (κ3) is 5.64. The Bertz CT molecular complexity index is 1770. The van der Waals surface area contributed by atoms with Crippen LogP contribution in [0.2, 0.25) is 0 Å². The van der Waals surface area contributed by atoms with Crippen LogP contribution in [0.5, 0.6) is 0 Å². The van der Waals surface area contributed by atoms with Crippen molar-refractivity contribution in [3.05, 3.63) is 84.1 Å². The molecule has 1 aliphatic heterocycles. The van der Waals surface area contributed by atoms with Crippen molar-refractivity contribution in [3.8, 4) is 23.1 Å². The van der Waals surface area contributed by atoms with Crippen LogP contribution in [0.15, 0.2) is 67.0 Å². The molecule has 4 aromatic heterocycles. The number of aromatic nitrogens is 6. The normalized spacial score (nSPS) is 16.4. The molecule has 0 bridgehead atoms. The number of nitrogens with two attached hydrogens (primary N) is 1. The number of hydrogen-bond donors (Lipinski definition) is 2. The van der Waals surface area contributed by atoms with Crippen molar-refractivity contribution in [3.63, 3.8) is 0 Å². The number of anilines is 2. The Kier molecular flexibility index (Phi) is 7.39. The molecule has 5 aromatic rings. The van der Waals surface area contributed by atoms with Gasteiger partial charge in [-0.1, -0.05) is 25.0 Å². The van der Waals surface area contributed by atoms with Crippen molar-refractivity contribution in [2.75, 3.05) is 24.1 Å². The van der Waals surface area contributed by atoms with Crippen molar-refractivity contribution >= 4 is 22.8 Å². The van der Waals surface area contributed by atoms with E-state index < -0.39 is 0 Å². The zero-order valence-electron chi connectivity index (χ0n) is 24.0. The molecule has 43 heavy (non-hydrogen) atoms. The fraction of sp³-hybridized carbons (Fsp3) is 0.333. The Morgan fingerprint density at radius 2 is 1.70 bits per heavy atom. The van der Waals surface area contributed by atoms with Crippen LogP contribution < -0.4 is 11.1 Å². The fourth-order valence-electron chi connectivity index (χ4n) is 6.40. The molecule has 1 aliphatic carbocycles. The smallest absolute Gasteiger partial charge is 0.234 e. The standard InChI is InChI=1S/C33H34N10/c34-20-30-36-17-13-29(41-30)38-24-14-18-42(19-15-24)21-22-7-9-25(10-8-22)43-32(26-6-3-16-37-31(26)35)40-28-12-11-27(39-33(28)43)23-4-1-2-5-23/h3,6-13,16-17,23-24H,1-2,4-5,14-15,18-19,21H2,(H2,35,37)(H,36,38,41). The average molecular weight is 571 g/mol. The van der Waals surface area contributed by atoms with Gasteiger partial charge in [-0.15, -0.1) is 0 Å². The Balaban J connectivity index is 1.11. The topological polar surface area (TPSA) is 134 Å². The maximum atomic E-state index is 9.06. The van der Waals surface area contributed by atoms with Gasteiger partial charge in [-0.05, 0) is 73.7 Å². The lowest BCUT2D eigenvalue weighted by molar-refractivity contribution is 0.211. The first-order valence-electron chi connectivity index (χ1n) is 15.1. The van der Waals surface area contributed by atoms with Gasteiger partial charge in [0.05, 0.1) is 5.56 Å². The van der Waals surface area contributed by atoms with E-state index in [9.17, 15) is 0 Å². The number of fused-ring (bicyclic) bond motifs is 1. The molecule has 1 aromatic carbocycles. The number of nitriles is 1. The van der Waals surface area contributed by atoms with Gasteiger partial charge in [0.25, 0.3) is 0 Å². The lowest BCUT2D eigenvalue weighted by atomic mass is 10.0. The first-order chi connectivity index (χ1) is 21.1. The second-order valence-electron chi connectivity index (χ2n) is 11.5. The number of piperidine rings is 1. The molecule has 1 saturated heterocycles. The molecule has 3 N–H and O–H groups in total. The van der Waals surface area contributed by atoms with E-state index in [-0.39, 0.29) is 5.82 Å². The monoisotopic (exact) mass is 570 g/mol. The van der Waals surface area contributed by atoms with E-state index in [1.165, 1.54) is 31.2 Å². The van der Waals surface area contributed by atoms with E-state index in [2.05, 4.69) is 66.1 Å². The first kappa shape index (κ1) is 27.0. The number of nitrogens with one attached hydrogen (secondary N) is 1. The SMILES string of the molecule is N#Cc1nccc(NC2CCN(Cc3ccc(-n4c(-c5cccnc5N)nc5ccc(C6CCCC6)nc54)cc3)CC2)n1. The van der Waals surface area contributed by atoms with E-state index in [0.29, 0.717) is 23.6 Å². The predicted molar refractivity (Wildman–Crippen MR) is 166 cm³/mol. The molecule has 2 fully saturated rings. The predicted octanol–water partition coefficient (Wildman–Crippen LogP) is 5.46. The zero-order valence-corrected chi connectivity index (χ0v) is 24.0. The van der Waals surface area contributed by atoms with Gasteiger partial charge in [-0.25, -0.2) is 24.9 Å². The number of rotatable bonds is 7. The lowest BCUT2D eigenvalue weighted by Gasteiger charge is -2.32. The Labute approximate surface area is 250 Å². The molecular formula is C33H34N10. The Morgan fingerprint density at radius 1 is 0.884 bits per heavy atom. The molecule has 5 heterocycles. The molecule has 0 atom stereocenters. The number of pyridine rings is 2. The summed E-state index contributed by atoms with van der Waals surface area (Å²) >= 11 is 0. The van der Waals surface area contributed by atoms with Gasteiger partial charge in [0.1, 0.15) is 23.2 Å². The van der Waals surface area contributed by atoms with Gasteiger partial charge in [0, 0.05) is 55.4 Å². The summed E-state index contributed by atoms with van der Waals surface area (Å²) in [6.07, 6.45) is 10.3. The van der Waals surface area contributed by atoms with Crippen LogP contribution in [0.3, 0.4) is 0 Å². The maximum absolute atomic E-state index is 9.06. The van der Waals surface area contributed by atoms with Gasteiger partial charge in [0.2, 0.25) is 5.82 Å². The summed E-state index contributed by atoms with van der Waals surface area (Å²) < 4.78 is 2.13.